The first kappa shape index (κ1) is 14.4. The van der Waals surface area contributed by atoms with E-state index in [4.69, 9.17) is 5.73 Å². The number of carbonyl (C=O) groups is 1. The summed E-state index contributed by atoms with van der Waals surface area (Å²) in [7, 11) is 5.79. The molecule has 0 fully saturated rings. The zero-order valence-corrected chi connectivity index (χ0v) is 11.5. The van der Waals surface area contributed by atoms with E-state index >= 15 is 0 Å². The van der Waals surface area contributed by atoms with Crippen LogP contribution in [0.5, 0.6) is 0 Å². The van der Waals surface area contributed by atoms with Crippen LogP contribution >= 0.6 is 0 Å². The number of carbonyl (C=O) groups excluding carboxylic acids is 1. The summed E-state index contributed by atoms with van der Waals surface area (Å²) in [5.41, 5.74) is 6.59. The number of nitrogen functional groups attached to an aromatic ring is 1. The Labute approximate surface area is 108 Å². The van der Waals surface area contributed by atoms with Crippen LogP contribution < -0.4 is 5.73 Å². The van der Waals surface area contributed by atoms with Crippen LogP contribution in [0, 0.1) is 6.92 Å². The van der Waals surface area contributed by atoms with Gasteiger partial charge < -0.3 is 15.5 Å². The summed E-state index contributed by atoms with van der Waals surface area (Å²) >= 11 is 0. The first-order chi connectivity index (χ1) is 8.40. The molecular formula is C12H21N5O. The lowest BCUT2D eigenvalue weighted by Gasteiger charge is -2.18. The quantitative estimate of drug-likeness (QED) is 0.819. The Morgan fingerprint density at radius 2 is 1.94 bits per heavy atom. The van der Waals surface area contributed by atoms with Gasteiger partial charge in [-0.15, -0.1) is 0 Å². The minimum absolute atomic E-state index is 0.119. The molecule has 1 heterocycles. The van der Waals surface area contributed by atoms with Gasteiger partial charge in [-0.05, 0) is 40.1 Å². The first-order valence-electron chi connectivity index (χ1n) is 5.91. The molecule has 1 aromatic rings. The second-order valence-corrected chi connectivity index (χ2v) is 4.64. The fourth-order valence-electron chi connectivity index (χ4n) is 1.62. The predicted octanol–water partition coefficient (Wildman–Crippen LogP) is 0.391. The molecule has 0 aromatic carbocycles. The lowest BCUT2D eigenvalue weighted by Crippen LogP contribution is -2.30. The minimum atomic E-state index is -0.119. The van der Waals surface area contributed by atoms with Gasteiger partial charge in [0.15, 0.2) is 0 Å². The van der Waals surface area contributed by atoms with E-state index < -0.39 is 0 Å². The SMILES string of the molecule is Cc1cc(C(=O)N(C)CCCN(C)C)nc(N)n1. The van der Waals surface area contributed by atoms with Crippen molar-refractivity contribution in [2.24, 2.45) is 0 Å². The fourth-order valence-corrected chi connectivity index (χ4v) is 1.62. The molecule has 0 radical (unpaired) electrons. The molecule has 0 spiro atoms. The third kappa shape index (κ3) is 4.29. The van der Waals surface area contributed by atoms with Crippen LogP contribution in [0.15, 0.2) is 6.07 Å². The molecule has 0 saturated carbocycles. The molecule has 6 nitrogen and oxygen atoms in total. The maximum atomic E-state index is 12.1. The summed E-state index contributed by atoms with van der Waals surface area (Å²) in [5, 5.41) is 0. The number of amides is 1. The smallest absolute Gasteiger partial charge is 0.272 e. The van der Waals surface area contributed by atoms with Gasteiger partial charge in [0.25, 0.3) is 5.91 Å². The Bertz CT molecular complexity index is 399. The number of nitrogens with zero attached hydrogens (tertiary/aromatic N) is 4. The van der Waals surface area contributed by atoms with Crippen molar-refractivity contribution in [3.05, 3.63) is 17.5 Å². The van der Waals surface area contributed by atoms with E-state index in [-0.39, 0.29) is 11.9 Å². The van der Waals surface area contributed by atoms with Gasteiger partial charge >= 0.3 is 0 Å². The lowest BCUT2D eigenvalue weighted by atomic mass is 10.3. The van der Waals surface area contributed by atoms with E-state index in [1.807, 2.05) is 14.1 Å². The average Bonchev–Trinajstić information content (AvgIpc) is 2.26. The highest BCUT2D eigenvalue weighted by atomic mass is 16.2. The molecular weight excluding hydrogens is 230 g/mol. The first-order valence-corrected chi connectivity index (χ1v) is 5.91. The van der Waals surface area contributed by atoms with Crippen molar-refractivity contribution in [3.8, 4) is 0 Å². The molecule has 6 heteroatoms. The molecule has 0 saturated heterocycles. The van der Waals surface area contributed by atoms with Crippen molar-refractivity contribution in [2.45, 2.75) is 13.3 Å². The molecule has 0 unspecified atom stereocenters. The topological polar surface area (TPSA) is 75.4 Å². The Kier molecular flexibility index (Phi) is 5.03. The molecule has 1 aromatic heterocycles. The highest BCUT2D eigenvalue weighted by Crippen LogP contribution is 2.05. The number of hydrogen-bond donors (Lipinski definition) is 1. The summed E-state index contributed by atoms with van der Waals surface area (Å²) in [5.74, 6) is 0.0194. The number of anilines is 1. The summed E-state index contributed by atoms with van der Waals surface area (Å²) in [4.78, 5) is 23.8. The van der Waals surface area contributed by atoms with Crippen LogP contribution in [0.3, 0.4) is 0 Å². The van der Waals surface area contributed by atoms with Gasteiger partial charge in [0.1, 0.15) is 5.69 Å². The zero-order chi connectivity index (χ0) is 13.7. The maximum absolute atomic E-state index is 12.1. The summed E-state index contributed by atoms with van der Waals surface area (Å²) in [6.07, 6.45) is 0.925. The molecule has 1 rings (SSSR count). The number of nitrogens with two attached hydrogens (primary N) is 1. The van der Waals surface area contributed by atoms with Gasteiger partial charge in [0, 0.05) is 19.3 Å². The Morgan fingerprint density at radius 3 is 2.50 bits per heavy atom. The van der Waals surface area contributed by atoms with Crippen LogP contribution in [0.2, 0.25) is 0 Å². The van der Waals surface area contributed by atoms with Crippen LogP contribution in [-0.4, -0.2) is 59.9 Å². The van der Waals surface area contributed by atoms with Crippen LogP contribution in [0.25, 0.3) is 0 Å². The Hall–Kier alpha value is -1.69. The number of aromatic nitrogens is 2. The molecule has 0 aliphatic rings. The van der Waals surface area contributed by atoms with Crippen molar-refractivity contribution in [2.75, 3.05) is 40.0 Å². The molecule has 100 valence electrons. The minimum Gasteiger partial charge on any atom is -0.368 e. The third-order valence-corrected chi connectivity index (χ3v) is 2.54. The summed E-state index contributed by atoms with van der Waals surface area (Å²) in [6, 6.07) is 1.65. The normalized spacial score (nSPS) is 10.7. The predicted molar refractivity (Wildman–Crippen MR) is 71.3 cm³/mol. The lowest BCUT2D eigenvalue weighted by molar-refractivity contribution is 0.0784. The monoisotopic (exact) mass is 251 g/mol. The van der Waals surface area contributed by atoms with E-state index in [1.165, 1.54) is 0 Å². The average molecular weight is 251 g/mol. The van der Waals surface area contributed by atoms with Crippen molar-refractivity contribution in [3.63, 3.8) is 0 Å². The number of aryl methyl sites for hydroxylation is 1. The van der Waals surface area contributed by atoms with Gasteiger partial charge in [-0.3, -0.25) is 4.79 Å². The molecule has 0 bridgehead atoms. The van der Waals surface area contributed by atoms with Gasteiger partial charge in [-0.2, -0.15) is 0 Å². The van der Waals surface area contributed by atoms with Gasteiger partial charge in [-0.25, -0.2) is 9.97 Å². The largest absolute Gasteiger partial charge is 0.368 e. The van der Waals surface area contributed by atoms with Gasteiger partial charge in [-0.1, -0.05) is 0 Å². The standard InChI is InChI=1S/C12H21N5O/c1-9-8-10(15-12(13)14-9)11(18)17(4)7-5-6-16(2)3/h8H,5-7H2,1-4H3,(H2,13,14,15). The molecule has 18 heavy (non-hydrogen) atoms. The van der Waals surface area contributed by atoms with Crippen molar-refractivity contribution < 1.29 is 4.79 Å². The van der Waals surface area contributed by atoms with E-state index in [1.54, 1.807) is 24.9 Å². The number of rotatable bonds is 5. The molecule has 2 N–H and O–H groups in total. The maximum Gasteiger partial charge on any atom is 0.272 e. The van der Waals surface area contributed by atoms with Crippen molar-refractivity contribution >= 4 is 11.9 Å². The van der Waals surface area contributed by atoms with Crippen LogP contribution in [-0.2, 0) is 0 Å². The third-order valence-electron chi connectivity index (χ3n) is 2.54. The summed E-state index contributed by atoms with van der Waals surface area (Å²) in [6.45, 7) is 3.43. The Balaban J connectivity index is 2.62. The zero-order valence-electron chi connectivity index (χ0n) is 11.5. The van der Waals surface area contributed by atoms with Gasteiger partial charge in [0.2, 0.25) is 5.95 Å². The van der Waals surface area contributed by atoms with E-state index in [0.717, 1.165) is 13.0 Å². The van der Waals surface area contributed by atoms with Crippen molar-refractivity contribution in [1.29, 1.82) is 0 Å². The van der Waals surface area contributed by atoms with E-state index in [9.17, 15) is 4.79 Å². The second-order valence-electron chi connectivity index (χ2n) is 4.64. The number of hydrogen-bond acceptors (Lipinski definition) is 5. The summed E-state index contributed by atoms with van der Waals surface area (Å²) < 4.78 is 0. The molecule has 0 aliphatic heterocycles. The second kappa shape index (κ2) is 6.30. The van der Waals surface area contributed by atoms with E-state index in [0.29, 0.717) is 17.9 Å². The molecule has 0 atom stereocenters. The fraction of sp³-hybridized carbons (Fsp3) is 0.583. The highest BCUT2D eigenvalue weighted by molar-refractivity contribution is 5.92. The van der Waals surface area contributed by atoms with Crippen LogP contribution in [0.1, 0.15) is 22.6 Å². The molecule has 0 aliphatic carbocycles. The van der Waals surface area contributed by atoms with E-state index in [2.05, 4.69) is 14.9 Å². The van der Waals surface area contributed by atoms with Gasteiger partial charge in [0.05, 0.1) is 0 Å². The van der Waals surface area contributed by atoms with Crippen molar-refractivity contribution in [1.82, 2.24) is 19.8 Å². The Morgan fingerprint density at radius 1 is 1.28 bits per heavy atom. The molecule has 1 amide bonds. The highest BCUT2D eigenvalue weighted by Gasteiger charge is 2.14. The van der Waals surface area contributed by atoms with Crippen LogP contribution in [0.4, 0.5) is 5.95 Å².